The van der Waals surface area contributed by atoms with E-state index in [9.17, 15) is 0 Å². The van der Waals surface area contributed by atoms with Crippen molar-refractivity contribution in [3.05, 3.63) is 35.3 Å². The van der Waals surface area contributed by atoms with Gasteiger partial charge in [-0.15, -0.1) is 0 Å². The van der Waals surface area contributed by atoms with E-state index in [4.69, 9.17) is 16.0 Å². The number of aromatic nitrogens is 2. The highest BCUT2D eigenvalue weighted by atomic mass is 35.5. The molecule has 0 saturated carbocycles. The zero-order chi connectivity index (χ0) is 9.26. The van der Waals surface area contributed by atoms with E-state index in [-0.39, 0.29) is 0 Å². The van der Waals surface area contributed by atoms with Gasteiger partial charge in [0.05, 0.1) is 6.26 Å². The van der Waals surface area contributed by atoms with Crippen molar-refractivity contribution >= 4 is 11.6 Å². The first-order valence-corrected chi connectivity index (χ1v) is 4.18. The number of nitrogens with zero attached hydrogens (tertiary/aromatic N) is 2. The van der Waals surface area contributed by atoms with E-state index in [0.29, 0.717) is 16.7 Å². The number of rotatable bonds is 1. The molecule has 0 bridgehead atoms. The van der Waals surface area contributed by atoms with E-state index >= 15 is 0 Å². The Kier molecular flexibility index (Phi) is 2.02. The van der Waals surface area contributed by atoms with Crippen LogP contribution in [0.4, 0.5) is 0 Å². The van der Waals surface area contributed by atoms with E-state index in [1.165, 1.54) is 0 Å². The third kappa shape index (κ3) is 1.55. The van der Waals surface area contributed by atoms with Crippen LogP contribution < -0.4 is 0 Å². The maximum Gasteiger partial charge on any atom is 0.197 e. The lowest BCUT2D eigenvalue weighted by Crippen LogP contribution is -1.89. The number of aryl methyl sites for hydroxylation is 1. The molecule has 4 heteroatoms. The fourth-order valence-corrected chi connectivity index (χ4v) is 1.07. The molecule has 2 aromatic heterocycles. The highest BCUT2D eigenvalue weighted by Crippen LogP contribution is 2.18. The molecule has 3 nitrogen and oxygen atoms in total. The first-order valence-electron chi connectivity index (χ1n) is 3.80. The van der Waals surface area contributed by atoms with Crippen LogP contribution in [0.3, 0.4) is 0 Å². The first kappa shape index (κ1) is 8.26. The molecule has 0 amide bonds. The summed E-state index contributed by atoms with van der Waals surface area (Å²) in [6.45, 7) is 1.86. The number of furan rings is 1. The third-order valence-electron chi connectivity index (χ3n) is 1.65. The SMILES string of the molecule is Cc1cnc(-c2ccco2)nc1Cl. The molecule has 0 aliphatic carbocycles. The molecule has 0 unspecified atom stereocenters. The van der Waals surface area contributed by atoms with E-state index in [2.05, 4.69) is 9.97 Å². The summed E-state index contributed by atoms with van der Waals surface area (Å²) in [6.07, 6.45) is 3.25. The Bertz CT molecular complexity index is 412. The van der Waals surface area contributed by atoms with Crippen molar-refractivity contribution in [2.75, 3.05) is 0 Å². The molecule has 13 heavy (non-hydrogen) atoms. The Balaban J connectivity index is 2.49. The minimum atomic E-state index is 0.460. The summed E-state index contributed by atoms with van der Waals surface area (Å²) < 4.78 is 5.13. The second-order valence-corrected chi connectivity index (χ2v) is 3.00. The topological polar surface area (TPSA) is 38.9 Å². The molecular weight excluding hydrogens is 188 g/mol. The van der Waals surface area contributed by atoms with Gasteiger partial charge in [0.1, 0.15) is 5.15 Å². The average molecular weight is 195 g/mol. The quantitative estimate of drug-likeness (QED) is 0.656. The molecule has 2 rings (SSSR count). The molecule has 0 spiro atoms. The summed E-state index contributed by atoms with van der Waals surface area (Å²) in [4.78, 5) is 8.17. The van der Waals surface area contributed by atoms with Crippen LogP contribution in [0.1, 0.15) is 5.56 Å². The Labute approximate surface area is 80.4 Å². The fraction of sp³-hybridized carbons (Fsp3) is 0.111. The molecule has 0 aromatic carbocycles. The predicted octanol–water partition coefficient (Wildman–Crippen LogP) is 2.70. The Hall–Kier alpha value is -1.35. The van der Waals surface area contributed by atoms with Crippen LogP contribution >= 0.6 is 11.6 Å². The standard InChI is InChI=1S/C9H7ClN2O/c1-6-5-11-9(12-8(6)10)7-3-2-4-13-7/h2-5H,1H3. The largest absolute Gasteiger partial charge is 0.461 e. The fourth-order valence-electron chi connectivity index (χ4n) is 0.946. The maximum atomic E-state index is 5.84. The van der Waals surface area contributed by atoms with E-state index in [1.54, 1.807) is 24.6 Å². The molecule has 0 N–H and O–H groups in total. The van der Waals surface area contributed by atoms with Gasteiger partial charge in [0, 0.05) is 11.8 Å². The van der Waals surface area contributed by atoms with Gasteiger partial charge < -0.3 is 4.42 Å². The van der Waals surface area contributed by atoms with E-state index in [1.807, 2.05) is 6.92 Å². The van der Waals surface area contributed by atoms with Crippen LogP contribution in [-0.2, 0) is 0 Å². The second-order valence-electron chi connectivity index (χ2n) is 2.64. The Morgan fingerprint density at radius 3 is 2.92 bits per heavy atom. The van der Waals surface area contributed by atoms with E-state index < -0.39 is 0 Å². The van der Waals surface area contributed by atoms with Crippen molar-refractivity contribution < 1.29 is 4.42 Å². The van der Waals surface area contributed by atoms with Crippen LogP contribution in [0.25, 0.3) is 11.6 Å². The average Bonchev–Trinajstić information content (AvgIpc) is 2.62. The van der Waals surface area contributed by atoms with Crippen LogP contribution in [0, 0.1) is 6.92 Å². The summed E-state index contributed by atoms with van der Waals surface area (Å²) in [5, 5.41) is 0.460. The predicted molar refractivity (Wildman–Crippen MR) is 49.5 cm³/mol. The number of halogens is 1. The zero-order valence-corrected chi connectivity index (χ0v) is 7.75. The zero-order valence-electron chi connectivity index (χ0n) is 6.99. The van der Waals surface area contributed by atoms with Gasteiger partial charge >= 0.3 is 0 Å². The van der Waals surface area contributed by atoms with Crippen LogP contribution in [0.5, 0.6) is 0 Å². The van der Waals surface area contributed by atoms with Crippen LogP contribution in [0.2, 0.25) is 5.15 Å². The molecular formula is C9H7ClN2O. The molecule has 66 valence electrons. The summed E-state index contributed by atoms with van der Waals surface area (Å²) in [6, 6.07) is 3.58. The molecule has 0 fully saturated rings. The number of hydrogen-bond acceptors (Lipinski definition) is 3. The molecule has 2 aromatic rings. The summed E-state index contributed by atoms with van der Waals surface area (Å²) in [5.41, 5.74) is 0.858. The highest BCUT2D eigenvalue weighted by Gasteiger charge is 2.05. The second kappa shape index (κ2) is 3.18. The van der Waals surface area contributed by atoms with Crippen LogP contribution in [-0.4, -0.2) is 9.97 Å². The van der Waals surface area contributed by atoms with Crippen molar-refractivity contribution in [3.8, 4) is 11.6 Å². The maximum absolute atomic E-state index is 5.84. The lowest BCUT2D eigenvalue weighted by atomic mass is 10.3. The van der Waals surface area contributed by atoms with Crippen molar-refractivity contribution in [2.24, 2.45) is 0 Å². The minimum absolute atomic E-state index is 0.460. The molecule has 0 radical (unpaired) electrons. The van der Waals surface area contributed by atoms with Gasteiger partial charge in [0.2, 0.25) is 0 Å². The van der Waals surface area contributed by atoms with Gasteiger partial charge in [-0.3, -0.25) is 0 Å². The summed E-state index contributed by atoms with van der Waals surface area (Å²) >= 11 is 5.84. The van der Waals surface area contributed by atoms with Crippen molar-refractivity contribution in [1.29, 1.82) is 0 Å². The molecule has 0 saturated heterocycles. The van der Waals surface area contributed by atoms with Crippen molar-refractivity contribution in [1.82, 2.24) is 9.97 Å². The Morgan fingerprint density at radius 2 is 2.31 bits per heavy atom. The lowest BCUT2D eigenvalue weighted by Gasteiger charge is -1.97. The van der Waals surface area contributed by atoms with Gasteiger partial charge in [0.15, 0.2) is 11.6 Å². The van der Waals surface area contributed by atoms with Gasteiger partial charge in [-0.1, -0.05) is 11.6 Å². The molecule has 0 aliphatic heterocycles. The van der Waals surface area contributed by atoms with Gasteiger partial charge in [-0.2, -0.15) is 0 Å². The third-order valence-corrected chi connectivity index (χ3v) is 2.03. The van der Waals surface area contributed by atoms with Gasteiger partial charge in [0.25, 0.3) is 0 Å². The van der Waals surface area contributed by atoms with Crippen LogP contribution in [0.15, 0.2) is 29.0 Å². The minimum Gasteiger partial charge on any atom is -0.461 e. The van der Waals surface area contributed by atoms with Gasteiger partial charge in [-0.05, 0) is 19.1 Å². The normalized spacial score (nSPS) is 10.3. The summed E-state index contributed by atoms with van der Waals surface area (Å²) in [7, 11) is 0. The highest BCUT2D eigenvalue weighted by molar-refractivity contribution is 6.30. The summed E-state index contributed by atoms with van der Waals surface area (Å²) in [5.74, 6) is 1.14. The molecule has 2 heterocycles. The van der Waals surface area contributed by atoms with Crippen molar-refractivity contribution in [2.45, 2.75) is 6.92 Å². The molecule has 0 atom stereocenters. The van der Waals surface area contributed by atoms with Crippen molar-refractivity contribution in [3.63, 3.8) is 0 Å². The molecule has 0 aliphatic rings. The van der Waals surface area contributed by atoms with Gasteiger partial charge in [-0.25, -0.2) is 9.97 Å². The number of hydrogen-bond donors (Lipinski definition) is 0. The monoisotopic (exact) mass is 194 g/mol. The first-order chi connectivity index (χ1) is 6.27. The lowest BCUT2D eigenvalue weighted by molar-refractivity contribution is 0.577. The Morgan fingerprint density at radius 1 is 1.46 bits per heavy atom. The van der Waals surface area contributed by atoms with E-state index in [0.717, 1.165) is 5.56 Å². The smallest absolute Gasteiger partial charge is 0.197 e.